The maximum Gasteiger partial charge on any atom is 0.416 e. The fourth-order valence-corrected chi connectivity index (χ4v) is 2.75. The van der Waals surface area contributed by atoms with E-state index in [1.54, 1.807) is 6.07 Å². The lowest BCUT2D eigenvalue weighted by Crippen LogP contribution is -2.40. The topological polar surface area (TPSA) is 29.1 Å². The molecule has 1 aromatic carbocycles. The largest absolute Gasteiger partial charge is 0.416 e. The van der Waals surface area contributed by atoms with Crippen molar-refractivity contribution in [3.8, 4) is 0 Å². The van der Waals surface area contributed by atoms with E-state index < -0.39 is 11.7 Å². The molecule has 0 spiro atoms. The summed E-state index contributed by atoms with van der Waals surface area (Å²) in [5, 5.41) is 2.94. The maximum atomic E-state index is 12.6. The van der Waals surface area contributed by atoms with Crippen LogP contribution in [0.2, 0.25) is 0 Å². The molecule has 0 bridgehead atoms. The number of carbonyl (C=O) groups excluding carboxylic acids is 1. The van der Waals surface area contributed by atoms with E-state index in [4.69, 9.17) is 0 Å². The molecule has 0 radical (unpaired) electrons. The van der Waals surface area contributed by atoms with Gasteiger partial charge in [0.2, 0.25) is 5.91 Å². The van der Waals surface area contributed by atoms with Crippen molar-refractivity contribution in [1.29, 1.82) is 0 Å². The van der Waals surface area contributed by atoms with Gasteiger partial charge >= 0.3 is 6.18 Å². The average Bonchev–Trinajstić information content (AvgIpc) is 2.47. The Morgan fingerprint density at radius 1 is 1.27 bits per heavy atom. The maximum absolute atomic E-state index is 12.6. The van der Waals surface area contributed by atoms with Crippen molar-refractivity contribution in [2.45, 2.75) is 44.8 Å². The van der Waals surface area contributed by atoms with Gasteiger partial charge in [0.15, 0.2) is 0 Å². The number of rotatable bonds is 3. The number of hydrogen-bond donors (Lipinski definition) is 1. The van der Waals surface area contributed by atoms with Crippen molar-refractivity contribution in [3.63, 3.8) is 0 Å². The Balaban J connectivity index is 1.97. The van der Waals surface area contributed by atoms with Crippen LogP contribution in [0.15, 0.2) is 30.3 Å². The lowest BCUT2D eigenvalue weighted by molar-refractivity contribution is -0.137. The van der Waals surface area contributed by atoms with Gasteiger partial charge in [0, 0.05) is 12.1 Å². The van der Waals surface area contributed by atoms with Crippen LogP contribution in [0.5, 0.6) is 0 Å². The molecule has 1 aromatic rings. The Hall–Kier alpha value is -1.78. The molecular formula is C17H20F3NO. The third-order valence-corrected chi connectivity index (χ3v) is 4.08. The van der Waals surface area contributed by atoms with E-state index in [2.05, 4.69) is 12.2 Å². The summed E-state index contributed by atoms with van der Waals surface area (Å²) < 4.78 is 37.8. The molecule has 0 aliphatic heterocycles. The molecule has 0 aromatic heterocycles. The normalized spacial score (nSPS) is 22.7. The Morgan fingerprint density at radius 2 is 2.00 bits per heavy atom. The number of benzene rings is 1. The van der Waals surface area contributed by atoms with Gasteiger partial charge in [-0.1, -0.05) is 31.9 Å². The molecule has 120 valence electrons. The van der Waals surface area contributed by atoms with Crippen LogP contribution in [-0.2, 0) is 11.0 Å². The molecule has 1 N–H and O–H groups in total. The molecule has 22 heavy (non-hydrogen) atoms. The molecule has 0 heterocycles. The quantitative estimate of drug-likeness (QED) is 0.823. The van der Waals surface area contributed by atoms with Crippen LogP contribution in [0.1, 0.15) is 43.7 Å². The van der Waals surface area contributed by atoms with Crippen LogP contribution < -0.4 is 5.32 Å². The summed E-state index contributed by atoms with van der Waals surface area (Å²) in [4.78, 5) is 11.9. The predicted octanol–water partition coefficient (Wildman–Crippen LogP) is 4.41. The zero-order chi connectivity index (χ0) is 16.2. The minimum Gasteiger partial charge on any atom is -0.350 e. The SMILES string of the molecule is C[C@@H]1CCCC[C@@H]1NC(=O)/C=C/c1cccc(C(F)(F)F)c1. The van der Waals surface area contributed by atoms with Crippen LogP contribution >= 0.6 is 0 Å². The van der Waals surface area contributed by atoms with Crippen molar-refractivity contribution in [3.05, 3.63) is 41.5 Å². The van der Waals surface area contributed by atoms with Crippen LogP contribution in [0.25, 0.3) is 6.08 Å². The summed E-state index contributed by atoms with van der Waals surface area (Å²) in [6.07, 6.45) is 2.70. The molecular weight excluding hydrogens is 291 g/mol. The first-order valence-electron chi connectivity index (χ1n) is 7.52. The fraction of sp³-hybridized carbons (Fsp3) is 0.471. The molecule has 0 saturated heterocycles. The van der Waals surface area contributed by atoms with Gasteiger partial charge in [-0.3, -0.25) is 4.79 Å². The minimum absolute atomic E-state index is 0.160. The summed E-state index contributed by atoms with van der Waals surface area (Å²) in [5.41, 5.74) is -0.349. The smallest absolute Gasteiger partial charge is 0.350 e. The van der Waals surface area contributed by atoms with E-state index in [0.717, 1.165) is 31.4 Å². The fourth-order valence-electron chi connectivity index (χ4n) is 2.75. The Bertz CT molecular complexity index is 551. The predicted molar refractivity (Wildman–Crippen MR) is 80.0 cm³/mol. The molecule has 1 aliphatic rings. The van der Waals surface area contributed by atoms with Gasteiger partial charge in [0.25, 0.3) is 0 Å². The van der Waals surface area contributed by atoms with Gasteiger partial charge in [-0.05, 0) is 42.5 Å². The first-order chi connectivity index (χ1) is 10.4. The van der Waals surface area contributed by atoms with Crippen molar-refractivity contribution in [1.82, 2.24) is 5.32 Å². The molecule has 5 heteroatoms. The third kappa shape index (κ3) is 4.61. The van der Waals surface area contributed by atoms with Crippen LogP contribution in [-0.4, -0.2) is 11.9 Å². The van der Waals surface area contributed by atoms with Gasteiger partial charge in [-0.15, -0.1) is 0 Å². The van der Waals surface area contributed by atoms with Gasteiger partial charge in [-0.25, -0.2) is 0 Å². The van der Waals surface area contributed by atoms with Crippen LogP contribution in [0, 0.1) is 5.92 Å². The number of alkyl halides is 3. The molecule has 2 nitrogen and oxygen atoms in total. The number of carbonyl (C=O) groups is 1. The summed E-state index contributed by atoms with van der Waals surface area (Å²) in [6, 6.07) is 5.09. The van der Waals surface area contributed by atoms with E-state index in [0.29, 0.717) is 11.5 Å². The first-order valence-corrected chi connectivity index (χ1v) is 7.52. The molecule has 0 unspecified atom stereocenters. The number of halogens is 3. The Kier molecular flexibility index (Phi) is 5.27. The summed E-state index contributed by atoms with van der Waals surface area (Å²) in [6.45, 7) is 2.11. The molecule has 1 saturated carbocycles. The monoisotopic (exact) mass is 311 g/mol. The highest BCUT2D eigenvalue weighted by Crippen LogP contribution is 2.29. The molecule has 1 fully saturated rings. The molecule has 2 atom stereocenters. The Labute approximate surface area is 128 Å². The second-order valence-electron chi connectivity index (χ2n) is 5.83. The second kappa shape index (κ2) is 6.99. The van der Waals surface area contributed by atoms with Crippen molar-refractivity contribution in [2.24, 2.45) is 5.92 Å². The van der Waals surface area contributed by atoms with Gasteiger partial charge in [0.1, 0.15) is 0 Å². The van der Waals surface area contributed by atoms with Gasteiger partial charge in [-0.2, -0.15) is 13.2 Å². The number of nitrogens with one attached hydrogen (secondary N) is 1. The Morgan fingerprint density at radius 3 is 2.68 bits per heavy atom. The third-order valence-electron chi connectivity index (χ3n) is 4.08. The standard InChI is InChI=1S/C17H20F3NO/c1-12-5-2-3-8-15(12)21-16(22)10-9-13-6-4-7-14(11-13)17(18,19)20/h4,6-7,9-12,15H,2-3,5,8H2,1H3,(H,21,22)/b10-9+/t12-,15+/m1/s1. The minimum atomic E-state index is -4.37. The van der Waals surface area contributed by atoms with E-state index in [-0.39, 0.29) is 11.9 Å². The van der Waals surface area contributed by atoms with Crippen molar-refractivity contribution < 1.29 is 18.0 Å². The summed E-state index contributed by atoms with van der Waals surface area (Å²) >= 11 is 0. The molecule has 1 aliphatic carbocycles. The highest BCUT2D eigenvalue weighted by molar-refractivity contribution is 5.91. The lowest BCUT2D eigenvalue weighted by Gasteiger charge is -2.29. The molecule has 2 rings (SSSR count). The first kappa shape index (κ1) is 16.6. The summed E-state index contributed by atoms with van der Waals surface area (Å²) in [7, 11) is 0. The van der Waals surface area contributed by atoms with Gasteiger partial charge < -0.3 is 5.32 Å². The number of hydrogen-bond acceptors (Lipinski definition) is 1. The van der Waals surface area contributed by atoms with E-state index in [1.165, 1.54) is 24.6 Å². The highest BCUT2D eigenvalue weighted by atomic mass is 19.4. The second-order valence-corrected chi connectivity index (χ2v) is 5.83. The van der Waals surface area contributed by atoms with Gasteiger partial charge in [0.05, 0.1) is 5.56 Å². The van der Waals surface area contributed by atoms with Crippen molar-refractivity contribution in [2.75, 3.05) is 0 Å². The summed E-state index contributed by atoms with van der Waals surface area (Å²) in [5.74, 6) is 0.191. The van der Waals surface area contributed by atoms with E-state index in [1.807, 2.05) is 0 Å². The van der Waals surface area contributed by atoms with Crippen molar-refractivity contribution >= 4 is 12.0 Å². The van der Waals surface area contributed by atoms with E-state index >= 15 is 0 Å². The van der Waals surface area contributed by atoms with Crippen LogP contribution in [0.3, 0.4) is 0 Å². The average molecular weight is 311 g/mol. The van der Waals surface area contributed by atoms with Crippen LogP contribution in [0.4, 0.5) is 13.2 Å². The van der Waals surface area contributed by atoms with E-state index in [9.17, 15) is 18.0 Å². The molecule has 1 amide bonds. The highest BCUT2D eigenvalue weighted by Gasteiger charge is 2.30. The zero-order valence-electron chi connectivity index (χ0n) is 12.5. The zero-order valence-corrected chi connectivity index (χ0v) is 12.5. The number of amides is 1. The lowest BCUT2D eigenvalue weighted by atomic mass is 9.86.